The number of fused-ring (bicyclic) bond motifs is 1. The van der Waals surface area contributed by atoms with Gasteiger partial charge in [-0.15, -0.1) is 11.3 Å². The highest BCUT2D eigenvalue weighted by Crippen LogP contribution is 2.41. The minimum Gasteiger partial charge on any atom is -0.458 e. The van der Waals surface area contributed by atoms with Crippen LogP contribution >= 0.6 is 11.3 Å². The van der Waals surface area contributed by atoms with Gasteiger partial charge in [0.2, 0.25) is 0 Å². The quantitative estimate of drug-likeness (QED) is 0.358. The second kappa shape index (κ2) is 7.44. The highest BCUT2D eigenvalue weighted by molar-refractivity contribution is 7.10. The Labute approximate surface area is 161 Å². The Bertz CT molecular complexity index is 887. The largest absolute Gasteiger partial charge is 0.458 e. The Morgan fingerprint density at radius 1 is 1.15 bits per heavy atom. The lowest BCUT2D eigenvalue weighted by Crippen LogP contribution is -2.41. The van der Waals surface area contributed by atoms with Crippen molar-refractivity contribution in [3.8, 4) is 11.8 Å². The molecule has 1 unspecified atom stereocenters. The number of furan rings is 1. The number of para-hydroxylation sites is 1. The van der Waals surface area contributed by atoms with Gasteiger partial charge < -0.3 is 8.84 Å². The Balaban J connectivity index is 1.90. The minimum absolute atomic E-state index is 0.137. The van der Waals surface area contributed by atoms with Gasteiger partial charge in [-0.05, 0) is 41.7 Å². The van der Waals surface area contributed by atoms with Crippen LogP contribution in [-0.2, 0) is 4.43 Å². The van der Waals surface area contributed by atoms with Crippen molar-refractivity contribution < 1.29 is 8.84 Å². The maximum atomic E-state index is 6.68. The summed E-state index contributed by atoms with van der Waals surface area (Å²) in [6.07, 6.45) is 0.486. The molecular formula is C22H26O2SSi. The molecule has 2 aromatic heterocycles. The molecule has 0 N–H and O–H groups in total. The van der Waals surface area contributed by atoms with Crippen LogP contribution in [0.4, 0.5) is 0 Å². The monoisotopic (exact) mass is 382 g/mol. The molecule has 0 bridgehead atoms. The molecule has 0 saturated carbocycles. The molecule has 0 radical (unpaired) electrons. The lowest BCUT2D eigenvalue weighted by atomic mass is 10.2. The van der Waals surface area contributed by atoms with Gasteiger partial charge in [-0.2, -0.15) is 0 Å². The van der Waals surface area contributed by atoms with Crippen LogP contribution in [0.1, 0.15) is 43.9 Å². The zero-order valence-corrected chi connectivity index (χ0v) is 17.9. The summed E-state index contributed by atoms with van der Waals surface area (Å²) >= 11 is 1.66. The molecule has 0 aliphatic rings. The zero-order chi connectivity index (χ0) is 18.8. The first-order valence-electron chi connectivity index (χ1n) is 8.95. The van der Waals surface area contributed by atoms with Crippen LogP contribution in [0.3, 0.4) is 0 Å². The molecular weight excluding hydrogens is 356 g/mol. The standard InChI is InChI=1S/C22H26O2SSi/c1-22(2,3)26(4,5)24-20(14-8-11-18-12-9-15-25-18)21-16-17-10-6-7-13-19(17)23-21/h6-7,9-10,12-13,15-16,20H,14H2,1-5H3. The summed E-state index contributed by atoms with van der Waals surface area (Å²) in [5.74, 6) is 7.42. The number of benzene rings is 1. The van der Waals surface area contributed by atoms with Crippen LogP contribution in [0, 0.1) is 11.8 Å². The molecule has 0 spiro atoms. The van der Waals surface area contributed by atoms with E-state index < -0.39 is 8.32 Å². The van der Waals surface area contributed by atoms with E-state index in [0.717, 1.165) is 21.6 Å². The lowest BCUT2D eigenvalue weighted by molar-refractivity contribution is 0.164. The average molecular weight is 383 g/mol. The molecule has 4 heteroatoms. The first-order chi connectivity index (χ1) is 12.3. The van der Waals surface area contributed by atoms with Crippen molar-refractivity contribution in [2.45, 2.75) is 51.4 Å². The number of rotatable bonds is 4. The van der Waals surface area contributed by atoms with Crippen LogP contribution in [0.2, 0.25) is 18.1 Å². The molecule has 3 aromatic rings. The van der Waals surface area contributed by atoms with Crippen LogP contribution < -0.4 is 0 Å². The van der Waals surface area contributed by atoms with Crippen molar-refractivity contribution in [2.75, 3.05) is 0 Å². The predicted molar refractivity (Wildman–Crippen MR) is 113 cm³/mol. The van der Waals surface area contributed by atoms with E-state index in [1.165, 1.54) is 0 Å². The third-order valence-electron chi connectivity index (χ3n) is 5.03. The topological polar surface area (TPSA) is 22.4 Å². The highest BCUT2D eigenvalue weighted by atomic mass is 32.1. The summed E-state index contributed by atoms with van der Waals surface area (Å²) in [5, 5.41) is 3.29. The second-order valence-corrected chi connectivity index (χ2v) is 13.7. The van der Waals surface area contributed by atoms with Crippen molar-refractivity contribution >= 4 is 30.6 Å². The van der Waals surface area contributed by atoms with Gasteiger partial charge in [-0.25, -0.2) is 0 Å². The predicted octanol–water partition coefficient (Wildman–Crippen LogP) is 7.00. The molecule has 3 rings (SSSR count). The van der Waals surface area contributed by atoms with E-state index in [2.05, 4.69) is 57.8 Å². The van der Waals surface area contributed by atoms with E-state index in [1.807, 2.05) is 35.7 Å². The smallest absolute Gasteiger partial charge is 0.193 e. The van der Waals surface area contributed by atoms with Gasteiger partial charge in [0.1, 0.15) is 17.4 Å². The van der Waals surface area contributed by atoms with Crippen molar-refractivity contribution in [1.82, 2.24) is 0 Å². The Morgan fingerprint density at radius 3 is 2.58 bits per heavy atom. The zero-order valence-electron chi connectivity index (χ0n) is 16.1. The molecule has 0 aliphatic carbocycles. The van der Waals surface area contributed by atoms with Crippen molar-refractivity contribution in [3.63, 3.8) is 0 Å². The molecule has 1 aromatic carbocycles. The number of thiophene rings is 1. The molecule has 136 valence electrons. The number of hydrogen-bond donors (Lipinski definition) is 0. The van der Waals surface area contributed by atoms with Crippen LogP contribution in [0.5, 0.6) is 0 Å². The maximum Gasteiger partial charge on any atom is 0.193 e. The van der Waals surface area contributed by atoms with Crippen molar-refractivity contribution in [3.05, 3.63) is 58.5 Å². The van der Waals surface area contributed by atoms with E-state index in [9.17, 15) is 0 Å². The maximum absolute atomic E-state index is 6.68. The molecule has 2 heterocycles. The van der Waals surface area contributed by atoms with Gasteiger partial charge in [0.15, 0.2) is 8.32 Å². The van der Waals surface area contributed by atoms with Gasteiger partial charge >= 0.3 is 0 Å². The average Bonchev–Trinajstić information content (AvgIpc) is 3.21. The van der Waals surface area contributed by atoms with Gasteiger partial charge in [0.05, 0.1) is 4.88 Å². The normalized spacial score (nSPS) is 13.4. The molecule has 0 aliphatic heterocycles. The van der Waals surface area contributed by atoms with Crippen molar-refractivity contribution in [2.24, 2.45) is 0 Å². The summed E-state index contributed by atoms with van der Waals surface area (Å²) in [5.41, 5.74) is 0.901. The third-order valence-corrected chi connectivity index (χ3v) is 10.3. The van der Waals surface area contributed by atoms with E-state index in [4.69, 9.17) is 8.84 Å². The SMILES string of the molecule is CC(C)(C)[Si](C)(C)OC(CC#Cc1cccs1)c1cc2ccccc2o1. The molecule has 0 amide bonds. The second-order valence-electron chi connectivity index (χ2n) is 8.04. The Morgan fingerprint density at radius 2 is 1.92 bits per heavy atom. The van der Waals surface area contributed by atoms with Crippen molar-refractivity contribution in [1.29, 1.82) is 0 Å². The minimum atomic E-state index is -1.94. The van der Waals surface area contributed by atoms with Gasteiger partial charge in [-0.1, -0.05) is 56.9 Å². The molecule has 1 atom stereocenters. The Kier molecular flexibility index (Phi) is 5.43. The van der Waals surface area contributed by atoms with Gasteiger partial charge in [-0.3, -0.25) is 0 Å². The van der Waals surface area contributed by atoms with Crippen LogP contribution in [0.25, 0.3) is 11.0 Å². The summed E-state index contributed by atoms with van der Waals surface area (Å²) in [7, 11) is -1.94. The molecule has 26 heavy (non-hydrogen) atoms. The summed E-state index contributed by atoms with van der Waals surface area (Å²) in [4.78, 5) is 1.08. The third kappa shape index (κ3) is 4.29. The van der Waals surface area contributed by atoms with Gasteiger partial charge in [0.25, 0.3) is 0 Å². The molecule has 0 fully saturated rings. The van der Waals surface area contributed by atoms with E-state index in [-0.39, 0.29) is 11.1 Å². The number of hydrogen-bond acceptors (Lipinski definition) is 3. The molecule has 0 saturated heterocycles. The fraction of sp³-hybridized carbons (Fsp3) is 0.364. The van der Waals surface area contributed by atoms with E-state index >= 15 is 0 Å². The Hall–Kier alpha value is -1.80. The molecule has 2 nitrogen and oxygen atoms in total. The highest BCUT2D eigenvalue weighted by Gasteiger charge is 2.40. The van der Waals surface area contributed by atoms with E-state index in [0.29, 0.717) is 6.42 Å². The fourth-order valence-electron chi connectivity index (χ4n) is 2.47. The van der Waals surface area contributed by atoms with E-state index in [1.54, 1.807) is 11.3 Å². The summed E-state index contributed by atoms with van der Waals surface area (Å²) < 4.78 is 12.8. The fourth-order valence-corrected chi connectivity index (χ4v) is 4.33. The van der Waals surface area contributed by atoms with Crippen LogP contribution in [0.15, 0.2) is 52.3 Å². The van der Waals surface area contributed by atoms with Gasteiger partial charge in [0, 0.05) is 11.8 Å². The first kappa shape index (κ1) is 19.0. The summed E-state index contributed by atoms with van der Waals surface area (Å²) in [6.45, 7) is 11.3. The first-order valence-corrected chi connectivity index (χ1v) is 12.7. The van der Waals surface area contributed by atoms with Crippen LogP contribution in [-0.4, -0.2) is 8.32 Å². The summed E-state index contributed by atoms with van der Waals surface area (Å²) in [6, 6.07) is 14.3. The lowest BCUT2D eigenvalue weighted by Gasteiger charge is -2.38.